The maximum absolute atomic E-state index is 5.18. The summed E-state index contributed by atoms with van der Waals surface area (Å²) in [6.45, 7) is 12.7. The average molecular weight is 265 g/mol. The Hall–Kier alpha value is -0.760. The normalized spacial score (nSPS) is 15.4. The van der Waals surface area contributed by atoms with Crippen LogP contribution in [0.2, 0.25) is 0 Å². The van der Waals surface area contributed by atoms with Crippen molar-refractivity contribution in [1.29, 1.82) is 0 Å². The number of hydrogen-bond acceptors (Lipinski definition) is 2. The molecule has 0 saturated carbocycles. The van der Waals surface area contributed by atoms with Crippen LogP contribution in [0.1, 0.15) is 59.4 Å². The highest BCUT2D eigenvalue weighted by molar-refractivity contribution is 5.07. The predicted octanol–water partition coefficient (Wildman–Crippen LogP) is 4.65. The summed E-state index contributed by atoms with van der Waals surface area (Å²) < 4.78 is 5.18. The molecule has 2 atom stereocenters. The summed E-state index contributed by atoms with van der Waals surface area (Å²) in [6, 6.07) is 2.64. The van der Waals surface area contributed by atoms with E-state index in [1.165, 1.54) is 24.8 Å². The zero-order chi connectivity index (χ0) is 14.3. The third-order valence-electron chi connectivity index (χ3n) is 3.39. The minimum Gasteiger partial charge on any atom is -0.472 e. The van der Waals surface area contributed by atoms with E-state index in [9.17, 15) is 0 Å². The molecule has 0 spiro atoms. The van der Waals surface area contributed by atoms with Crippen LogP contribution >= 0.6 is 0 Å². The van der Waals surface area contributed by atoms with Gasteiger partial charge in [0.05, 0.1) is 12.5 Å². The van der Waals surface area contributed by atoms with Crippen LogP contribution in [-0.4, -0.2) is 12.6 Å². The molecule has 2 heteroatoms. The highest BCUT2D eigenvalue weighted by Gasteiger charge is 2.19. The third-order valence-corrected chi connectivity index (χ3v) is 3.39. The van der Waals surface area contributed by atoms with Crippen molar-refractivity contribution in [3.63, 3.8) is 0 Å². The summed E-state index contributed by atoms with van der Waals surface area (Å²) in [7, 11) is 0. The lowest BCUT2D eigenvalue weighted by atomic mass is 9.82. The van der Waals surface area contributed by atoms with Gasteiger partial charge in [-0.2, -0.15) is 0 Å². The molecule has 19 heavy (non-hydrogen) atoms. The van der Waals surface area contributed by atoms with E-state index < -0.39 is 0 Å². The molecule has 0 radical (unpaired) electrons. The summed E-state index contributed by atoms with van der Waals surface area (Å²) in [5, 5.41) is 3.68. The molecule has 1 aromatic rings. The van der Waals surface area contributed by atoms with E-state index in [0.717, 1.165) is 18.9 Å². The topological polar surface area (TPSA) is 25.2 Å². The molecule has 0 amide bonds. The quantitative estimate of drug-likeness (QED) is 0.740. The number of rotatable bonds is 8. The van der Waals surface area contributed by atoms with Crippen LogP contribution in [0.5, 0.6) is 0 Å². The van der Waals surface area contributed by atoms with Gasteiger partial charge in [-0.05, 0) is 55.2 Å². The van der Waals surface area contributed by atoms with Crippen molar-refractivity contribution in [3.05, 3.63) is 24.2 Å². The molecule has 2 unspecified atom stereocenters. The summed E-state index contributed by atoms with van der Waals surface area (Å²) in [4.78, 5) is 0. The van der Waals surface area contributed by atoms with Gasteiger partial charge in [0.25, 0.3) is 0 Å². The van der Waals surface area contributed by atoms with Crippen LogP contribution in [0.15, 0.2) is 23.0 Å². The predicted molar refractivity (Wildman–Crippen MR) is 82.3 cm³/mol. The molecule has 1 aromatic heterocycles. The molecule has 0 aliphatic carbocycles. The van der Waals surface area contributed by atoms with Gasteiger partial charge >= 0.3 is 0 Å². The lowest BCUT2D eigenvalue weighted by Crippen LogP contribution is -2.34. The Kier molecular flexibility index (Phi) is 6.64. The molecule has 0 saturated heterocycles. The number of furan rings is 1. The van der Waals surface area contributed by atoms with Gasteiger partial charge in [-0.15, -0.1) is 0 Å². The second kappa shape index (κ2) is 7.74. The Morgan fingerprint density at radius 2 is 2.05 bits per heavy atom. The Labute approximate surface area is 119 Å². The van der Waals surface area contributed by atoms with Crippen molar-refractivity contribution in [2.45, 2.75) is 66.3 Å². The highest BCUT2D eigenvalue weighted by atomic mass is 16.3. The minimum atomic E-state index is 0.421. The summed E-state index contributed by atoms with van der Waals surface area (Å²) in [5.41, 5.74) is 1.72. The van der Waals surface area contributed by atoms with Crippen molar-refractivity contribution in [2.24, 2.45) is 11.3 Å². The van der Waals surface area contributed by atoms with E-state index in [0.29, 0.717) is 11.5 Å². The zero-order valence-electron chi connectivity index (χ0n) is 13.3. The van der Waals surface area contributed by atoms with Crippen molar-refractivity contribution < 1.29 is 4.42 Å². The van der Waals surface area contributed by atoms with Gasteiger partial charge in [0.2, 0.25) is 0 Å². The minimum absolute atomic E-state index is 0.421. The van der Waals surface area contributed by atoms with Gasteiger partial charge in [0, 0.05) is 6.04 Å². The molecule has 0 aliphatic heterocycles. The number of hydrogen-bond donors (Lipinski definition) is 1. The first-order valence-electron chi connectivity index (χ1n) is 7.65. The molecule has 1 N–H and O–H groups in total. The highest BCUT2D eigenvalue weighted by Crippen LogP contribution is 2.27. The van der Waals surface area contributed by atoms with E-state index in [-0.39, 0.29) is 0 Å². The van der Waals surface area contributed by atoms with Gasteiger partial charge in [-0.25, -0.2) is 0 Å². The molecule has 0 bridgehead atoms. The zero-order valence-corrected chi connectivity index (χ0v) is 13.3. The van der Waals surface area contributed by atoms with Crippen LogP contribution in [0, 0.1) is 11.3 Å². The monoisotopic (exact) mass is 265 g/mol. The summed E-state index contributed by atoms with van der Waals surface area (Å²) in [6.07, 6.45) is 8.42. The van der Waals surface area contributed by atoms with E-state index in [2.05, 4.69) is 46.0 Å². The first-order valence-corrected chi connectivity index (χ1v) is 7.65. The summed E-state index contributed by atoms with van der Waals surface area (Å²) >= 11 is 0. The van der Waals surface area contributed by atoms with E-state index in [4.69, 9.17) is 4.42 Å². The largest absolute Gasteiger partial charge is 0.472 e. The van der Waals surface area contributed by atoms with Crippen molar-refractivity contribution in [2.75, 3.05) is 6.54 Å². The molecule has 1 heterocycles. The van der Waals surface area contributed by atoms with E-state index in [1.807, 2.05) is 6.26 Å². The van der Waals surface area contributed by atoms with Crippen LogP contribution < -0.4 is 5.32 Å². The Morgan fingerprint density at radius 1 is 1.32 bits per heavy atom. The fraction of sp³-hybridized carbons (Fsp3) is 0.765. The van der Waals surface area contributed by atoms with Crippen LogP contribution in [0.25, 0.3) is 0 Å². The van der Waals surface area contributed by atoms with Crippen LogP contribution in [-0.2, 0) is 6.42 Å². The van der Waals surface area contributed by atoms with Crippen molar-refractivity contribution in [1.82, 2.24) is 5.32 Å². The lowest BCUT2D eigenvalue weighted by Gasteiger charge is -2.27. The van der Waals surface area contributed by atoms with Crippen LogP contribution in [0.3, 0.4) is 0 Å². The molecule has 0 aromatic carbocycles. The maximum atomic E-state index is 5.18. The Morgan fingerprint density at radius 3 is 2.58 bits per heavy atom. The second-order valence-corrected chi connectivity index (χ2v) is 7.09. The first-order chi connectivity index (χ1) is 8.90. The van der Waals surface area contributed by atoms with Gasteiger partial charge < -0.3 is 9.73 Å². The third kappa shape index (κ3) is 7.41. The smallest absolute Gasteiger partial charge is 0.0935 e. The van der Waals surface area contributed by atoms with Crippen molar-refractivity contribution in [3.8, 4) is 0 Å². The number of nitrogens with one attached hydrogen (secondary N) is 1. The summed E-state index contributed by atoms with van der Waals surface area (Å²) in [5.74, 6) is 0.751. The Bertz CT molecular complexity index is 324. The first kappa shape index (κ1) is 16.3. The molecular weight excluding hydrogens is 234 g/mol. The van der Waals surface area contributed by atoms with E-state index >= 15 is 0 Å². The van der Waals surface area contributed by atoms with E-state index in [1.54, 1.807) is 6.26 Å². The Balaban J connectivity index is 2.48. The molecule has 1 rings (SSSR count). The molecule has 0 fully saturated rings. The standard InChI is InChI=1S/C17H31NO/c1-6-8-18-16(11-15-7-9-19-13-15)10-14(2)12-17(3,4)5/h7,9,13-14,16,18H,6,8,10-12H2,1-5H3. The fourth-order valence-corrected chi connectivity index (χ4v) is 2.90. The van der Waals surface area contributed by atoms with Gasteiger partial charge in [-0.1, -0.05) is 34.6 Å². The SMILES string of the molecule is CCCNC(Cc1ccoc1)CC(C)CC(C)(C)C. The van der Waals surface area contributed by atoms with Gasteiger partial charge in [0.15, 0.2) is 0 Å². The lowest BCUT2D eigenvalue weighted by molar-refractivity contribution is 0.274. The van der Waals surface area contributed by atoms with Crippen molar-refractivity contribution >= 4 is 0 Å². The fourth-order valence-electron chi connectivity index (χ4n) is 2.90. The van der Waals surface area contributed by atoms with Gasteiger partial charge in [-0.3, -0.25) is 0 Å². The second-order valence-electron chi connectivity index (χ2n) is 7.09. The average Bonchev–Trinajstić information content (AvgIpc) is 2.75. The molecular formula is C17H31NO. The molecule has 0 aliphatic rings. The molecule has 2 nitrogen and oxygen atoms in total. The van der Waals surface area contributed by atoms with Crippen LogP contribution in [0.4, 0.5) is 0 Å². The molecule has 110 valence electrons. The van der Waals surface area contributed by atoms with Gasteiger partial charge in [0.1, 0.15) is 0 Å². The maximum Gasteiger partial charge on any atom is 0.0935 e.